The summed E-state index contributed by atoms with van der Waals surface area (Å²) in [4.78, 5) is 4.69. The smallest absolute Gasteiger partial charge is 0.416 e. The summed E-state index contributed by atoms with van der Waals surface area (Å²) in [6.07, 6.45) is -1.21. The van der Waals surface area contributed by atoms with Crippen molar-refractivity contribution in [3.8, 4) is 22.6 Å². The monoisotopic (exact) mass is 569 g/mol. The summed E-state index contributed by atoms with van der Waals surface area (Å²) in [5.41, 5.74) is 5.56. The molecule has 0 saturated heterocycles. The molecule has 5 rings (SSSR count). The summed E-state index contributed by atoms with van der Waals surface area (Å²) in [6.45, 7) is 3.94. The van der Waals surface area contributed by atoms with Gasteiger partial charge in [0.25, 0.3) is 0 Å². The number of alkyl halides is 3. The SMILES string of the molecule is CCc1nn(-c2c(Cl)cc(C(F)(F)F)cc2Cl)c(CC)c1Cc1c(-c2ccc(O)cc2)ccc2cccnc12. The van der Waals surface area contributed by atoms with Gasteiger partial charge in [-0.15, -0.1) is 0 Å². The number of pyridine rings is 1. The summed E-state index contributed by atoms with van der Waals surface area (Å²) in [5, 5.41) is 15.3. The van der Waals surface area contributed by atoms with Gasteiger partial charge in [-0.25, -0.2) is 4.68 Å². The number of aromatic nitrogens is 3. The molecule has 0 bridgehead atoms. The van der Waals surface area contributed by atoms with E-state index in [-0.39, 0.29) is 21.5 Å². The van der Waals surface area contributed by atoms with Gasteiger partial charge in [0.1, 0.15) is 11.4 Å². The molecule has 2 aromatic heterocycles. The fourth-order valence-electron chi connectivity index (χ4n) is 4.98. The van der Waals surface area contributed by atoms with Crippen LogP contribution in [0.25, 0.3) is 27.7 Å². The van der Waals surface area contributed by atoms with Gasteiger partial charge in [-0.2, -0.15) is 18.3 Å². The maximum absolute atomic E-state index is 13.4. The number of nitrogens with zero attached hydrogens (tertiary/aromatic N) is 3. The van der Waals surface area contributed by atoms with Crippen molar-refractivity contribution in [1.29, 1.82) is 0 Å². The predicted molar refractivity (Wildman–Crippen MR) is 149 cm³/mol. The minimum Gasteiger partial charge on any atom is -0.508 e. The number of halogens is 5. The Hall–Kier alpha value is -3.55. The van der Waals surface area contributed by atoms with E-state index >= 15 is 0 Å². The minimum absolute atomic E-state index is 0.127. The van der Waals surface area contributed by atoms with Gasteiger partial charge in [0.15, 0.2) is 0 Å². The summed E-state index contributed by atoms with van der Waals surface area (Å²) in [7, 11) is 0. The van der Waals surface area contributed by atoms with Crippen LogP contribution in [-0.4, -0.2) is 19.9 Å². The molecule has 0 fully saturated rings. The van der Waals surface area contributed by atoms with Crippen molar-refractivity contribution in [2.24, 2.45) is 0 Å². The quantitative estimate of drug-likeness (QED) is 0.222. The molecule has 5 aromatic rings. The number of aryl methyl sites for hydroxylation is 1. The fourth-order valence-corrected chi connectivity index (χ4v) is 5.62. The molecule has 200 valence electrons. The van der Waals surface area contributed by atoms with Crippen LogP contribution in [0.1, 0.15) is 41.9 Å². The van der Waals surface area contributed by atoms with Crippen LogP contribution in [0.4, 0.5) is 13.2 Å². The largest absolute Gasteiger partial charge is 0.508 e. The predicted octanol–water partition coefficient (Wildman–Crippen LogP) is 8.83. The van der Waals surface area contributed by atoms with E-state index in [0.29, 0.717) is 19.3 Å². The molecule has 3 aromatic carbocycles. The molecule has 0 aliphatic heterocycles. The molecular formula is C30H24Cl2F3N3O. The number of fused-ring (bicyclic) bond motifs is 1. The van der Waals surface area contributed by atoms with Gasteiger partial charge in [0.05, 0.1) is 26.8 Å². The molecule has 0 amide bonds. The third-order valence-electron chi connectivity index (χ3n) is 6.81. The molecule has 2 heterocycles. The van der Waals surface area contributed by atoms with Crippen LogP contribution in [0.3, 0.4) is 0 Å². The van der Waals surface area contributed by atoms with E-state index in [1.54, 1.807) is 23.0 Å². The van der Waals surface area contributed by atoms with E-state index in [2.05, 4.69) is 0 Å². The first-order valence-electron chi connectivity index (χ1n) is 12.4. The number of phenols is 1. The molecule has 1 N–H and O–H groups in total. The highest BCUT2D eigenvalue weighted by Crippen LogP contribution is 2.39. The number of rotatable bonds is 6. The number of aromatic hydroxyl groups is 1. The van der Waals surface area contributed by atoms with Crippen LogP contribution >= 0.6 is 23.2 Å². The lowest BCUT2D eigenvalue weighted by atomic mass is 9.91. The lowest BCUT2D eigenvalue weighted by molar-refractivity contribution is -0.137. The summed E-state index contributed by atoms with van der Waals surface area (Å²) in [6, 6.07) is 16.7. The van der Waals surface area contributed by atoms with Crippen molar-refractivity contribution in [1.82, 2.24) is 14.8 Å². The summed E-state index contributed by atoms with van der Waals surface area (Å²) < 4.78 is 41.7. The normalized spacial score (nSPS) is 11.9. The van der Waals surface area contributed by atoms with Crippen molar-refractivity contribution in [3.05, 3.63) is 105 Å². The maximum atomic E-state index is 13.4. The molecule has 0 saturated carbocycles. The van der Waals surface area contributed by atoms with E-state index in [1.807, 2.05) is 50.2 Å². The molecular weight excluding hydrogens is 546 g/mol. The standard InChI is InChI=1S/C30H24Cl2F3N3O/c1-3-26-23(27(4-2)38(37-26)29-24(31)14-19(15-25(29)32)30(33,34)35)16-22-21(17-7-10-20(39)11-8-17)12-9-18-6-5-13-36-28(18)22/h5-15,39H,3-4,16H2,1-2H3. The van der Waals surface area contributed by atoms with Crippen molar-refractivity contribution in [3.63, 3.8) is 0 Å². The first kappa shape index (κ1) is 27.0. The van der Waals surface area contributed by atoms with Crippen LogP contribution in [-0.2, 0) is 25.4 Å². The zero-order valence-corrected chi connectivity index (χ0v) is 22.7. The van der Waals surface area contributed by atoms with Gasteiger partial charge >= 0.3 is 6.18 Å². The van der Waals surface area contributed by atoms with Gasteiger partial charge < -0.3 is 5.11 Å². The second-order valence-corrected chi connectivity index (χ2v) is 9.98. The highest BCUT2D eigenvalue weighted by atomic mass is 35.5. The molecule has 9 heteroatoms. The Bertz CT molecular complexity index is 1660. The first-order valence-corrected chi connectivity index (χ1v) is 13.2. The van der Waals surface area contributed by atoms with Crippen LogP contribution in [0.2, 0.25) is 10.0 Å². The zero-order valence-electron chi connectivity index (χ0n) is 21.2. The average molecular weight is 570 g/mol. The second-order valence-electron chi connectivity index (χ2n) is 9.17. The lowest BCUT2D eigenvalue weighted by Gasteiger charge is -2.16. The van der Waals surface area contributed by atoms with E-state index < -0.39 is 11.7 Å². The Kier molecular flexibility index (Phi) is 7.31. The second kappa shape index (κ2) is 10.5. The molecule has 0 radical (unpaired) electrons. The number of hydrogen-bond donors (Lipinski definition) is 1. The van der Waals surface area contributed by atoms with Gasteiger partial charge in [0, 0.05) is 29.3 Å². The van der Waals surface area contributed by atoms with Gasteiger partial charge in [-0.3, -0.25) is 4.98 Å². The Morgan fingerprint density at radius 1 is 0.897 bits per heavy atom. The fraction of sp³-hybridized carbons (Fsp3) is 0.200. The molecule has 0 spiro atoms. The lowest BCUT2D eigenvalue weighted by Crippen LogP contribution is -2.09. The highest BCUT2D eigenvalue weighted by Gasteiger charge is 2.33. The van der Waals surface area contributed by atoms with E-state index in [1.165, 1.54) is 0 Å². The van der Waals surface area contributed by atoms with Crippen LogP contribution in [0, 0.1) is 0 Å². The number of benzene rings is 3. The zero-order chi connectivity index (χ0) is 27.9. The molecule has 0 unspecified atom stereocenters. The van der Waals surface area contributed by atoms with Crippen molar-refractivity contribution >= 4 is 34.1 Å². The van der Waals surface area contributed by atoms with Crippen molar-refractivity contribution in [2.45, 2.75) is 39.3 Å². The van der Waals surface area contributed by atoms with Crippen LogP contribution in [0.15, 0.2) is 66.9 Å². The Balaban J connectivity index is 1.71. The first-order chi connectivity index (χ1) is 18.6. The molecule has 0 aliphatic carbocycles. The van der Waals surface area contributed by atoms with Gasteiger partial charge in [0.2, 0.25) is 0 Å². The van der Waals surface area contributed by atoms with Crippen LogP contribution < -0.4 is 0 Å². The summed E-state index contributed by atoms with van der Waals surface area (Å²) in [5.74, 6) is 0.173. The molecule has 4 nitrogen and oxygen atoms in total. The van der Waals surface area contributed by atoms with Crippen molar-refractivity contribution in [2.75, 3.05) is 0 Å². The minimum atomic E-state index is -4.57. The van der Waals surface area contributed by atoms with Crippen molar-refractivity contribution < 1.29 is 18.3 Å². The maximum Gasteiger partial charge on any atom is 0.416 e. The summed E-state index contributed by atoms with van der Waals surface area (Å²) >= 11 is 12.8. The van der Waals surface area contributed by atoms with E-state index in [9.17, 15) is 18.3 Å². The molecule has 0 atom stereocenters. The third kappa shape index (κ3) is 5.09. The third-order valence-corrected chi connectivity index (χ3v) is 7.39. The molecule has 39 heavy (non-hydrogen) atoms. The average Bonchev–Trinajstić information content (AvgIpc) is 3.25. The Morgan fingerprint density at radius 3 is 2.21 bits per heavy atom. The highest BCUT2D eigenvalue weighted by molar-refractivity contribution is 6.37. The van der Waals surface area contributed by atoms with Crippen LogP contribution in [0.5, 0.6) is 5.75 Å². The Morgan fingerprint density at radius 2 is 1.59 bits per heavy atom. The van der Waals surface area contributed by atoms with E-state index in [0.717, 1.165) is 56.7 Å². The Labute approximate surface area is 233 Å². The van der Waals surface area contributed by atoms with Gasteiger partial charge in [-0.05, 0) is 59.9 Å². The van der Waals surface area contributed by atoms with Gasteiger partial charge in [-0.1, -0.05) is 67.4 Å². The van der Waals surface area contributed by atoms with E-state index in [4.69, 9.17) is 33.3 Å². The number of phenolic OH excluding ortho intramolecular Hbond substituents is 1. The molecule has 0 aliphatic rings. The topological polar surface area (TPSA) is 50.9 Å². The number of hydrogen-bond acceptors (Lipinski definition) is 3.